The van der Waals surface area contributed by atoms with Gasteiger partial charge in [-0.25, -0.2) is 0 Å². The molecule has 0 fully saturated rings. The van der Waals surface area contributed by atoms with E-state index in [-0.39, 0.29) is 0 Å². The smallest absolute Gasteiger partial charge is 0.101 e. The molecule has 0 N–H and O–H groups in total. The van der Waals surface area contributed by atoms with Crippen LogP contribution in [0.3, 0.4) is 0 Å². The molecule has 0 heterocycles. The van der Waals surface area contributed by atoms with E-state index in [4.69, 9.17) is 0 Å². The Kier molecular flexibility index (Phi) is 2.23. The highest BCUT2D eigenvalue weighted by Gasteiger charge is 2.07. The van der Waals surface area contributed by atoms with Crippen molar-refractivity contribution in [3.8, 4) is 0 Å². The average molecular weight is 113 g/mol. The van der Waals surface area contributed by atoms with Gasteiger partial charge in [-0.1, -0.05) is 0 Å². The van der Waals surface area contributed by atoms with Gasteiger partial charge in [0.1, 0.15) is 5.70 Å². The van der Waals surface area contributed by atoms with Crippen molar-refractivity contribution in [1.82, 2.24) is 0 Å². The van der Waals surface area contributed by atoms with Gasteiger partial charge in [0.2, 0.25) is 0 Å². The van der Waals surface area contributed by atoms with E-state index in [1.165, 1.54) is 5.70 Å². The molecule has 0 aliphatic rings. The summed E-state index contributed by atoms with van der Waals surface area (Å²) in [5, 5.41) is 0. The quantitative estimate of drug-likeness (QED) is 0.451. The summed E-state index contributed by atoms with van der Waals surface area (Å²) in [7, 11) is 6.37. The van der Waals surface area contributed by atoms with E-state index in [0.717, 1.165) is 4.48 Å². The molecule has 1 heteroatoms. The predicted molar refractivity (Wildman–Crippen MR) is 37.1 cm³/mol. The van der Waals surface area contributed by atoms with Crippen LogP contribution in [0.4, 0.5) is 0 Å². The number of quaternary nitrogens is 1. The molecule has 0 unspecified atom stereocenters. The fraction of sp³-hybridized carbons (Fsp3) is 0.571. The molecular formula is C7H15N+. The third-order valence-electron chi connectivity index (χ3n) is 1.35. The second-order valence-corrected chi connectivity index (χ2v) is 2.86. The van der Waals surface area contributed by atoms with Crippen LogP contribution in [0.2, 0.25) is 0 Å². The van der Waals surface area contributed by atoms with Gasteiger partial charge in [-0.15, -0.1) is 0 Å². The topological polar surface area (TPSA) is 0 Å². The molecule has 0 saturated carbocycles. The minimum Gasteiger partial charge on any atom is -0.303 e. The maximum atomic E-state index is 3.67. The zero-order valence-corrected chi connectivity index (χ0v) is 6.23. The number of rotatable bonds is 1. The Morgan fingerprint density at radius 1 is 1.38 bits per heavy atom. The Labute approximate surface area is 52.2 Å². The van der Waals surface area contributed by atoms with E-state index < -0.39 is 0 Å². The van der Waals surface area contributed by atoms with Gasteiger partial charge in [-0.3, -0.25) is 0 Å². The number of hydrogen-bond donors (Lipinski definition) is 0. The summed E-state index contributed by atoms with van der Waals surface area (Å²) in [6.45, 7) is 5.75. The Morgan fingerprint density at radius 2 is 1.75 bits per heavy atom. The van der Waals surface area contributed by atoms with Crippen molar-refractivity contribution >= 4 is 0 Å². The van der Waals surface area contributed by atoms with Gasteiger partial charge < -0.3 is 4.48 Å². The number of hydrogen-bond acceptors (Lipinski definition) is 0. The molecular weight excluding hydrogens is 98.1 g/mol. The van der Waals surface area contributed by atoms with Crippen molar-refractivity contribution in [2.45, 2.75) is 6.92 Å². The van der Waals surface area contributed by atoms with Gasteiger partial charge in [0.15, 0.2) is 0 Å². The molecule has 1 radical (unpaired) electrons. The molecule has 8 heavy (non-hydrogen) atoms. The van der Waals surface area contributed by atoms with Gasteiger partial charge >= 0.3 is 0 Å². The standard InChI is InChI=1S/C7H15N/c1-6-7(2)8(3,4)5/h6H,1H2,2-5H3/q+1/b7-6-. The molecule has 0 aromatic rings. The molecule has 47 valence electrons. The number of nitrogens with zero attached hydrogens (tertiary/aromatic N) is 1. The molecule has 0 saturated heterocycles. The first kappa shape index (κ1) is 7.70. The van der Waals surface area contributed by atoms with Crippen LogP contribution in [0, 0.1) is 6.92 Å². The van der Waals surface area contributed by atoms with Crippen LogP contribution in [0.1, 0.15) is 6.92 Å². The largest absolute Gasteiger partial charge is 0.303 e. The molecule has 0 aromatic carbocycles. The summed E-state index contributed by atoms with van der Waals surface area (Å²) >= 11 is 0. The van der Waals surface area contributed by atoms with Gasteiger partial charge in [-0.05, 0) is 13.0 Å². The van der Waals surface area contributed by atoms with E-state index >= 15 is 0 Å². The van der Waals surface area contributed by atoms with Crippen molar-refractivity contribution in [3.63, 3.8) is 0 Å². The van der Waals surface area contributed by atoms with Crippen LogP contribution in [0.25, 0.3) is 0 Å². The summed E-state index contributed by atoms with van der Waals surface area (Å²) < 4.78 is 0.878. The Morgan fingerprint density at radius 3 is 1.75 bits per heavy atom. The molecule has 0 atom stereocenters. The lowest BCUT2D eigenvalue weighted by molar-refractivity contribution is -0.831. The molecule has 0 bridgehead atoms. The first-order valence-corrected chi connectivity index (χ1v) is 2.76. The van der Waals surface area contributed by atoms with Crippen LogP contribution in [0.5, 0.6) is 0 Å². The molecule has 1 nitrogen and oxygen atoms in total. The van der Waals surface area contributed by atoms with Crippen LogP contribution in [-0.4, -0.2) is 25.6 Å². The van der Waals surface area contributed by atoms with Crippen molar-refractivity contribution in [3.05, 3.63) is 18.7 Å². The molecule has 0 aliphatic heterocycles. The number of allylic oxidation sites excluding steroid dienone is 2. The summed E-state index contributed by atoms with van der Waals surface area (Å²) in [4.78, 5) is 0. The fourth-order valence-corrected chi connectivity index (χ4v) is 0.274. The fourth-order valence-electron chi connectivity index (χ4n) is 0.274. The van der Waals surface area contributed by atoms with E-state index in [0.29, 0.717) is 0 Å². The van der Waals surface area contributed by atoms with E-state index in [1.54, 1.807) is 0 Å². The van der Waals surface area contributed by atoms with Crippen molar-refractivity contribution in [1.29, 1.82) is 0 Å². The van der Waals surface area contributed by atoms with Gasteiger partial charge in [0.25, 0.3) is 0 Å². The SMILES string of the molecule is [CH2]/C=C(/C)[N+](C)(C)C. The lowest BCUT2D eigenvalue weighted by atomic mass is 10.4. The van der Waals surface area contributed by atoms with E-state index in [9.17, 15) is 0 Å². The van der Waals surface area contributed by atoms with E-state index in [1.807, 2.05) is 6.08 Å². The van der Waals surface area contributed by atoms with Crippen LogP contribution in [-0.2, 0) is 0 Å². The summed E-state index contributed by atoms with van der Waals surface area (Å²) in [5.74, 6) is 0. The van der Waals surface area contributed by atoms with Gasteiger partial charge in [0, 0.05) is 6.92 Å². The molecule has 0 spiro atoms. The second-order valence-electron chi connectivity index (χ2n) is 2.86. The maximum Gasteiger partial charge on any atom is 0.101 e. The van der Waals surface area contributed by atoms with Crippen molar-refractivity contribution < 1.29 is 4.48 Å². The Bertz CT molecular complexity index is 95.4. The third kappa shape index (κ3) is 2.12. The highest BCUT2D eigenvalue weighted by Crippen LogP contribution is 2.03. The molecule has 0 aromatic heterocycles. The molecule has 0 amide bonds. The van der Waals surface area contributed by atoms with Crippen LogP contribution < -0.4 is 0 Å². The minimum absolute atomic E-state index is 0.878. The van der Waals surface area contributed by atoms with Crippen molar-refractivity contribution in [2.75, 3.05) is 21.1 Å². The summed E-state index contributed by atoms with van der Waals surface area (Å²) in [5.41, 5.74) is 1.28. The lowest BCUT2D eigenvalue weighted by Gasteiger charge is -2.23. The van der Waals surface area contributed by atoms with Gasteiger partial charge in [0.05, 0.1) is 21.1 Å². The van der Waals surface area contributed by atoms with Crippen LogP contribution >= 0.6 is 0 Å². The summed E-state index contributed by atoms with van der Waals surface area (Å²) in [6.07, 6.45) is 1.89. The average Bonchev–Trinajstić information content (AvgIpc) is 1.62. The second kappa shape index (κ2) is 2.31. The minimum atomic E-state index is 0.878. The molecule has 0 rings (SSSR count). The zero-order chi connectivity index (χ0) is 6.78. The third-order valence-corrected chi connectivity index (χ3v) is 1.35. The highest BCUT2D eigenvalue weighted by atomic mass is 15.3. The zero-order valence-electron chi connectivity index (χ0n) is 6.23. The monoisotopic (exact) mass is 113 g/mol. The summed E-state index contributed by atoms with van der Waals surface area (Å²) in [6, 6.07) is 0. The Balaban J connectivity index is 4.03. The van der Waals surface area contributed by atoms with Crippen molar-refractivity contribution in [2.24, 2.45) is 0 Å². The van der Waals surface area contributed by atoms with Crippen LogP contribution in [0.15, 0.2) is 11.8 Å². The Hall–Kier alpha value is -0.300. The lowest BCUT2D eigenvalue weighted by Crippen LogP contribution is -2.31. The highest BCUT2D eigenvalue weighted by molar-refractivity contribution is 4.89. The molecule has 0 aliphatic carbocycles. The van der Waals surface area contributed by atoms with E-state index in [2.05, 4.69) is 35.0 Å². The first-order chi connectivity index (χ1) is 3.48. The van der Waals surface area contributed by atoms with Gasteiger partial charge in [-0.2, -0.15) is 0 Å². The predicted octanol–water partition coefficient (Wildman–Crippen LogP) is 1.43. The maximum absolute atomic E-state index is 3.67. The first-order valence-electron chi connectivity index (χ1n) is 2.76. The normalized spacial score (nSPS) is 14.4.